The van der Waals surface area contributed by atoms with Crippen LogP contribution in [0.25, 0.3) is 11.1 Å². The molecule has 1 atom stereocenters. The van der Waals surface area contributed by atoms with Crippen LogP contribution < -0.4 is 10.1 Å². The van der Waals surface area contributed by atoms with Gasteiger partial charge >= 0.3 is 0 Å². The quantitative estimate of drug-likeness (QED) is 0.344. The molecule has 3 heterocycles. The predicted octanol–water partition coefficient (Wildman–Crippen LogP) is 7.02. The molecule has 1 saturated heterocycles. The minimum atomic E-state index is -0.261. The maximum Gasteiger partial charge on any atom is 0.119 e. The van der Waals surface area contributed by atoms with Crippen molar-refractivity contribution in [3.63, 3.8) is 0 Å². The molecule has 6 rings (SSSR count). The Balaban J connectivity index is 1.32. The first kappa shape index (κ1) is 25.3. The summed E-state index contributed by atoms with van der Waals surface area (Å²) in [5, 5.41) is 13.8. The second-order valence-electron chi connectivity index (χ2n) is 11.3. The van der Waals surface area contributed by atoms with Gasteiger partial charge in [-0.3, -0.25) is 9.29 Å². The van der Waals surface area contributed by atoms with Gasteiger partial charge in [0.1, 0.15) is 17.6 Å². The van der Waals surface area contributed by atoms with Gasteiger partial charge in [0.25, 0.3) is 0 Å². The SMILES string of the molecule is CC1(C)Cc2cc(C3=C(c4ccc(O[C@H]5CCN(CCCF)C5)cc4)c4ccc(O)cc4SC3)ccc2N1. The van der Waals surface area contributed by atoms with E-state index in [2.05, 4.69) is 66.5 Å². The van der Waals surface area contributed by atoms with Crippen molar-refractivity contribution < 1.29 is 14.2 Å². The number of alkyl halides is 1. The number of phenolic OH excluding ortho intramolecular Hbond substituents is 1. The molecule has 4 nitrogen and oxygen atoms in total. The van der Waals surface area contributed by atoms with E-state index in [-0.39, 0.29) is 18.3 Å². The van der Waals surface area contributed by atoms with Gasteiger partial charge in [-0.1, -0.05) is 18.2 Å². The van der Waals surface area contributed by atoms with Crippen molar-refractivity contribution in [3.05, 3.63) is 82.9 Å². The van der Waals surface area contributed by atoms with Crippen LogP contribution in [0.15, 0.2) is 65.6 Å². The van der Waals surface area contributed by atoms with E-state index in [0.717, 1.165) is 60.0 Å². The number of rotatable bonds is 7. The van der Waals surface area contributed by atoms with Crippen molar-refractivity contribution in [2.45, 2.75) is 49.6 Å². The summed E-state index contributed by atoms with van der Waals surface area (Å²) < 4.78 is 18.8. The summed E-state index contributed by atoms with van der Waals surface area (Å²) in [4.78, 5) is 3.39. The second kappa shape index (κ2) is 10.3. The van der Waals surface area contributed by atoms with Crippen LogP contribution in [0.5, 0.6) is 11.5 Å². The lowest BCUT2D eigenvalue weighted by atomic mass is 9.88. The van der Waals surface area contributed by atoms with Crippen molar-refractivity contribution >= 4 is 28.6 Å². The Morgan fingerprint density at radius 2 is 1.89 bits per heavy atom. The van der Waals surface area contributed by atoms with E-state index < -0.39 is 0 Å². The zero-order valence-electron chi connectivity index (χ0n) is 22.1. The van der Waals surface area contributed by atoms with E-state index in [4.69, 9.17) is 4.74 Å². The fourth-order valence-corrected chi connectivity index (χ4v) is 7.13. The summed E-state index contributed by atoms with van der Waals surface area (Å²) in [6.07, 6.45) is 2.72. The Hall–Kier alpha value is -2.96. The fraction of sp³-hybridized carbons (Fsp3) is 0.375. The molecule has 0 bridgehead atoms. The first-order chi connectivity index (χ1) is 18.4. The molecule has 0 saturated carbocycles. The summed E-state index contributed by atoms with van der Waals surface area (Å²) in [6.45, 7) is 6.85. The molecule has 2 N–H and O–H groups in total. The van der Waals surface area contributed by atoms with Gasteiger partial charge in [-0.15, -0.1) is 11.8 Å². The van der Waals surface area contributed by atoms with Crippen molar-refractivity contribution in [1.29, 1.82) is 0 Å². The summed E-state index contributed by atoms with van der Waals surface area (Å²) >= 11 is 1.78. The van der Waals surface area contributed by atoms with Gasteiger partial charge in [-0.05, 0) is 109 Å². The number of hydrogen-bond donors (Lipinski definition) is 2. The van der Waals surface area contributed by atoms with Gasteiger partial charge in [0.15, 0.2) is 0 Å². The number of ether oxygens (including phenoxy) is 1. The van der Waals surface area contributed by atoms with E-state index in [1.54, 1.807) is 17.8 Å². The zero-order chi connectivity index (χ0) is 26.3. The molecular weight excluding hydrogens is 495 g/mol. The standard InChI is InChI=1S/C32H35FN2O2S/c1-32(2)18-23-16-22(6-11-29(23)34-32)28-20-38-30-17-24(36)7-10-27(30)31(28)21-4-8-25(9-5-21)37-26-12-15-35(19-26)14-3-13-33/h4-11,16-17,26,34,36H,3,12-15,18-20H2,1-2H3/t26-/m0/s1. The molecule has 0 unspecified atom stereocenters. The molecule has 3 aromatic rings. The van der Waals surface area contributed by atoms with Gasteiger partial charge < -0.3 is 15.2 Å². The molecule has 0 aromatic heterocycles. The van der Waals surface area contributed by atoms with Gasteiger partial charge in [0.2, 0.25) is 0 Å². The molecule has 0 radical (unpaired) electrons. The lowest BCUT2D eigenvalue weighted by Crippen LogP contribution is -2.26. The molecule has 0 amide bonds. The van der Waals surface area contributed by atoms with Crippen LogP contribution in [0.3, 0.4) is 0 Å². The largest absolute Gasteiger partial charge is 0.508 e. The number of benzene rings is 3. The minimum Gasteiger partial charge on any atom is -0.508 e. The highest BCUT2D eigenvalue weighted by atomic mass is 32.2. The molecule has 6 heteroatoms. The highest BCUT2D eigenvalue weighted by Gasteiger charge is 2.29. The van der Waals surface area contributed by atoms with Crippen LogP contribution in [0, 0.1) is 0 Å². The average Bonchev–Trinajstić information content (AvgIpc) is 3.48. The molecule has 3 aromatic carbocycles. The maximum atomic E-state index is 12.5. The van der Waals surface area contributed by atoms with Gasteiger partial charge in [-0.25, -0.2) is 0 Å². The highest BCUT2D eigenvalue weighted by Crippen LogP contribution is 2.46. The number of halogens is 1. The third-order valence-electron chi connectivity index (χ3n) is 7.75. The smallest absolute Gasteiger partial charge is 0.119 e. The van der Waals surface area contributed by atoms with Crippen LogP contribution in [0.2, 0.25) is 0 Å². The van der Waals surface area contributed by atoms with E-state index in [9.17, 15) is 9.50 Å². The number of nitrogens with one attached hydrogen (secondary N) is 1. The van der Waals surface area contributed by atoms with Gasteiger partial charge in [0, 0.05) is 41.5 Å². The summed E-state index contributed by atoms with van der Waals surface area (Å²) in [6, 6.07) is 21.0. The first-order valence-electron chi connectivity index (χ1n) is 13.5. The molecule has 3 aliphatic heterocycles. The number of phenols is 1. The topological polar surface area (TPSA) is 44.7 Å². The normalized spacial score (nSPS) is 20.2. The third kappa shape index (κ3) is 5.16. The molecule has 38 heavy (non-hydrogen) atoms. The number of fused-ring (bicyclic) bond motifs is 2. The van der Waals surface area contributed by atoms with Crippen molar-refractivity contribution in [1.82, 2.24) is 4.90 Å². The predicted molar refractivity (Wildman–Crippen MR) is 155 cm³/mol. The van der Waals surface area contributed by atoms with Gasteiger partial charge in [-0.2, -0.15) is 0 Å². The van der Waals surface area contributed by atoms with E-state index >= 15 is 0 Å². The molecule has 1 fully saturated rings. The van der Waals surface area contributed by atoms with Gasteiger partial charge in [0.05, 0.1) is 6.67 Å². The number of nitrogens with zero attached hydrogens (tertiary/aromatic N) is 1. The van der Waals surface area contributed by atoms with E-state index in [1.807, 2.05) is 12.1 Å². The Morgan fingerprint density at radius 1 is 1.08 bits per heavy atom. The van der Waals surface area contributed by atoms with Crippen molar-refractivity contribution in [3.8, 4) is 11.5 Å². The Morgan fingerprint density at radius 3 is 2.71 bits per heavy atom. The van der Waals surface area contributed by atoms with Crippen LogP contribution in [-0.2, 0) is 6.42 Å². The number of hydrogen-bond acceptors (Lipinski definition) is 5. The molecular formula is C32H35FN2O2S. The van der Waals surface area contributed by atoms with E-state index in [0.29, 0.717) is 12.2 Å². The molecule has 3 aliphatic rings. The Labute approximate surface area is 228 Å². The van der Waals surface area contributed by atoms with Crippen molar-refractivity contribution in [2.75, 3.05) is 37.4 Å². The van der Waals surface area contributed by atoms with Crippen LogP contribution >= 0.6 is 11.8 Å². The first-order valence-corrected chi connectivity index (χ1v) is 14.5. The summed E-state index contributed by atoms with van der Waals surface area (Å²) in [5.74, 6) is 2.01. The number of thioether (sulfide) groups is 1. The molecule has 0 aliphatic carbocycles. The minimum absolute atomic E-state index is 0.0725. The van der Waals surface area contributed by atoms with Crippen LogP contribution in [-0.4, -0.2) is 53.7 Å². The number of aromatic hydroxyl groups is 1. The fourth-order valence-electron chi connectivity index (χ4n) is 5.99. The Bertz CT molecular complexity index is 1370. The molecule has 198 valence electrons. The third-order valence-corrected chi connectivity index (χ3v) is 8.83. The molecule has 0 spiro atoms. The lowest BCUT2D eigenvalue weighted by molar-refractivity contribution is 0.198. The second-order valence-corrected chi connectivity index (χ2v) is 12.3. The Kier molecular flexibility index (Phi) is 6.87. The maximum absolute atomic E-state index is 12.5. The lowest BCUT2D eigenvalue weighted by Gasteiger charge is -2.25. The number of anilines is 1. The average molecular weight is 531 g/mol. The zero-order valence-corrected chi connectivity index (χ0v) is 22.9. The van der Waals surface area contributed by atoms with Crippen LogP contribution in [0.1, 0.15) is 48.9 Å². The highest BCUT2D eigenvalue weighted by molar-refractivity contribution is 7.99. The summed E-state index contributed by atoms with van der Waals surface area (Å²) in [7, 11) is 0. The summed E-state index contributed by atoms with van der Waals surface area (Å²) in [5.41, 5.74) is 8.75. The monoisotopic (exact) mass is 530 g/mol. The van der Waals surface area contributed by atoms with E-state index in [1.165, 1.54) is 28.0 Å². The van der Waals surface area contributed by atoms with Crippen molar-refractivity contribution in [2.24, 2.45) is 0 Å². The number of likely N-dealkylation sites (tertiary alicyclic amines) is 1. The van der Waals surface area contributed by atoms with Crippen LogP contribution in [0.4, 0.5) is 10.1 Å².